The first-order valence-corrected chi connectivity index (χ1v) is 9.47. The number of piperazine rings is 1. The van der Waals surface area contributed by atoms with Gasteiger partial charge in [0.25, 0.3) is 0 Å². The smallest absolute Gasteiger partial charge is 0.189 e. The summed E-state index contributed by atoms with van der Waals surface area (Å²) in [6.07, 6.45) is 2.58. The number of thiocarbonyl (C=S) groups is 1. The number of fused-ring (bicyclic) bond motifs is 1. The van der Waals surface area contributed by atoms with Crippen molar-refractivity contribution in [2.45, 2.75) is 6.42 Å². The summed E-state index contributed by atoms with van der Waals surface area (Å²) >= 11 is 5.53. The Kier molecular flexibility index (Phi) is 5.06. The predicted molar refractivity (Wildman–Crippen MR) is 112 cm³/mol. The van der Waals surface area contributed by atoms with Gasteiger partial charge in [-0.05, 0) is 36.5 Å². The Morgan fingerprint density at radius 1 is 1.15 bits per heavy atom. The van der Waals surface area contributed by atoms with E-state index in [1.807, 2.05) is 30.3 Å². The van der Waals surface area contributed by atoms with Gasteiger partial charge in [-0.3, -0.25) is 10.4 Å². The van der Waals surface area contributed by atoms with Crippen LogP contribution in [0.1, 0.15) is 12.1 Å². The van der Waals surface area contributed by atoms with Crippen molar-refractivity contribution in [1.82, 2.24) is 15.3 Å². The third-order valence-corrected chi connectivity index (χ3v) is 5.18. The summed E-state index contributed by atoms with van der Waals surface area (Å²) in [5.74, 6) is 0.315. The Balaban J connectivity index is 1.36. The number of hydrogen-bond donors (Lipinski definition) is 3. The second-order valence-corrected chi connectivity index (χ2v) is 6.90. The lowest BCUT2D eigenvalue weighted by Gasteiger charge is -2.37. The summed E-state index contributed by atoms with van der Waals surface area (Å²) in [7, 11) is 0. The van der Waals surface area contributed by atoms with Crippen molar-refractivity contribution in [2.75, 3.05) is 42.9 Å². The van der Waals surface area contributed by atoms with Crippen molar-refractivity contribution in [3.05, 3.63) is 48.3 Å². The molecule has 1 saturated heterocycles. The van der Waals surface area contributed by atoms with E-state index >= 15 is 0 Å². The van der Waals surface area contributed by atoms with Gasteiger partial charge in [0.05, 0.1) is 17.1 Å². The van der Waals surface area contributed by atoms with Gasteiger partial charge in [0.1, 0.15) is 11.4 Å². The van der Waals surface area contributed by atoms with Crippen LogP contribution in [0, 0.1) is 0 Å². The van der Waals surface area contributed by atoms with Gasteiger partial charge in [-0.2, -0.15) is 5.10 Å². The maximum absolute atomic E-state index is 10.0. The minimum Gasteiger partial charge on any atom is -0.506 e. The maximum atomic E-state index is 10.0. The summed E-state index contributed by atoms with van der Waals surface area (Å²) in [6.45, 7) is 3.99. The molecule has 3 N–H and O–H groups in total. The molecule has 0 atom stereocenters. The monoisotopic (exact) mass is 382 g/mol. The molecule has 0 saturated carbocycles. The Bertz CT molecular complexity index is 863. The van der Waals surface area contributed by atoms with Crippen LogP contribution in [0.2, 0.25) is 0 Å². The number of anilines is 2. The zero-order chi connectivity index (χ0) is 18.6. The van der Waals surface area contributed by atoms with Gasteiger partial charge in [-0.1, -0.05) is 12.1 Å². The summed E-state index contributed by atoms with van der Waals surface area (Å²) in [6, 6.07) is 11.4. The van der Waals surface area contributed by atoms with Crippen molar-refractivity contribution >= 4 is 34.4 Å². The van der Waals surface area contributed by atoms with Crippen LogP contribution in [0.15, 0.2) is 47.7 Å². The Morgan fingerprint density at radius 3 is 2.78 bits per heavy atom. The van der Waals surface area contributed by atoms with E-state index in [1.54, 1.807) is 12.3 Å². The molecular weight excluding hydrogens is 360 g/mol. The lowest BCUT2D eigenvalue weighted by molar-refractivity contribution is 0.378. The molecule has 1 aromatic carbocycles. The fraction of sp³-hybridized carbons (Fsp3) is 0.316. The average Bonchev–Trinajstić information content (AvgIpc) is 2.72. The van der Waals surface area contributed by atoms with E-state index < -0.39 is 0 Å². The second-order valence-electron chi connectivity index (χ2n) is 6.51. The number of aromatic hydroxyl groups is 1. The van der Waals surface area contributed by atoms with E-state index in [9.17, 15) is 5.11 Å². The molecule has 140 valence electrons. The largest absolute Gasteiger partial charge is 0.506 e. The predicted octanol–water partition coefficient (Wildman–Crippen LogP) is 2.00. The van der Waals surface area contributed by atoms with Crippen molar-refractivity contribution in [3.63, 3.8) is 0 Å². The Labute approximate surface area is 163 Å². The van der Waals surface area contributed by atoms with Crippen LogP contribution in [0.5, 0.6) is 5.75 Å². The molecule has 7 nitrogen and oxygen atoms in total. The Morgan fingerprint density at radius 2 is 1.96 bits per heavy atom. The number of hydrazone groups is 1. The first-order chi connectivity index (χ1) is 13.2. The molecule has 0 radical (unpaired) electrons. The van der Waals surface area contributed by atoms with Crippen molar-refractivity contribution in [3.8, 4) is 5.75 Å². The highest BCUT2D eigenvalue weighted by Crippen LogP contribution is 2.27. The quantitative estimate of drug-likeness (QED) is 0.542. The van der Waals surface area contributed by atoms with Gasteiger partial charge < -0.3 is 20.2 Å². The summed E-state index contributed by atoms with van der Waals surface area (Å²) < 4.78 is 0. The minimum absolute atomic E-state index is 0.315. The number of nitrogens with zero attached hydrogens (tertiary/aromatic N) is 4. The molecule has 0 amide bonds. The number of rotatable bonds is 2. The Hall–Kier alpha value is -2.87. The topological polar surface area (TPSA) is 76.0 Å². The standard InChI is InChI=1S/C19H22N6OS/c26-17-6-2-1-5-16(17)24-10-12-25(13-11-24)19(27)23-22-15-7-9-20-14-4-3-8-21-18(14)15/h1-6,8,20,26H,7,9-13H2,(H,23,27)/b22-15-. The van der Waals surface area contributed by atoms with Crippen LogP contribution >= 0.6 is 12.2 Å². The van der Waals surface area contributed by atoms with Crippen LogP contribution in [0.3, 0.4) is 0 Å². The molecule has 1 fully saturated rings. The zero-order valence-electron chi connectivity index (χ0n) is 14.9. The van der Waals surface area contributed by atoms with Crippen molar-refractivity contribution < 1.29 is 5.11 Å². The summed E-state index contributed by atoms with van der Waals surface area (Å²) in [5.41, 5.74) is 6.71. The van der Waals surface area contributed by atoms with Crippen LogP contribution < -0.4 is 15.6 Å². The van der Waals surface area contributed by atoms with Crippen molar-refractivity contribution in [2.24, 2.45) is 5.10 Å². The highest BCUT2D eigenvalue weighted by Gasteiger charge is 2.21. The first-order valence-electron chi connectivity index (χ1n) is 9.06. The zero-order valence-corrected chi connectivity index (χ0v) is 15.7. The van der Waals surface area contributed by atoms with E-state index in [4.69, 9.17) is 12.2 Å². The number of phenolic OH excluding ortho intramolecular Hbond substituents is 1. The van der Waals surface area contributed by atoms with Gasteiger partial charge in [-0.25, -0.2) is 0 Å². The molecule has 4 rings (SSSR count). The maximum Gasteiger partial charge on any atom is 0.189 e. The van der Waals surface area contributed by atoms with Gasteiger partial charge in [0, 0.05) is 45.3 Å². The van der Waals surface area contributed by atoms with Gasteiger partial charge in [0.2, 0.25) is 0 Å². The molecule has 2 aliphatic heterocycles. The molecule has 3 heterocycles. The average molecular weight is 382 g/mol. The van der Waals surface area contributed by atoms with Crippen LogP contribution in [0.25, 0.3) is 0 Å². The normalized spacial score (nSPS) is 18.0. The van der Waals surface area contributed by atoms with Gasteiger partial charge >= 0.3 is 0 Å². The van der Waals surface area contributed by atoms with E-state index in [1.165, 1.54) is 0 Å². The third-order valence-electron chi connectivity index (χ3n) is 4.83. The number of pyridine rings is 1. The number of aromatic nitrogens is 1. The van der Waals surface area contributed by atoms with E-state index in [0.717, 1.165) is 61.9 Å². The fourth-order valence-electron chi connectivity index (χ4n) is 3.39. The van der Waals surface area contributed by atoms with Crippen LogP contribution in [-0.2, 0) is 0 Å². The highest BCUT2D eigenvalue weighted by molar-refractivity contribution is 7.80. The van der Waals surface area contributed by atoms with Gasteiger partial charge in [0.15, 0.2) is 5.11 Å². The van der Waals surface area contributed by atoms with Crippen molar-refractivity contribution in [1.29, 1.82) is 0 Å². The number of nitrogens with one attached hydrogen (secondary N) is 2. The number of phenols is 1. The van der Waals surface area contributed by atoms with E-state index in [-0.39, 0.29) is 0 Å². The molecule has 2 aliphatic rings. The molecule has 8 heteroatoms. The lowest BCUT2D eigenvalue weighted by atomic mass is 10.1. The molecule has 27 heavy (non-hydrogen) atoms. The van der Waals surface area contributed by atoms with Crippen LogP contribution in [-0.4, -0.2) is 58.5 Å². The first kappa shape index (κ1) is 17.5. The third kappa shape index (κ3) is 3.80. The molecule has 0 unspecified atom stereocenters. The van der Waals surface area contributed by atoms with E-state index in [2.05, 4.69) is 30.6 Å². The van der Waals surface area contributed by atoms with Crippen LogP contribution in [0.4, 0.5) is 11.4 Å². The fourth-order valence-corrected chi connectivity index (χ4v) is 3.62. The number of hydrogen-bond acceptors (Lipinski definition) is 6. The molecule has 0 spiro atoms. The lowest BCUT2D eigenvalue weighted by Crippen LogP contribution is -2.51. The molecule has 1 aromatic heterocycles. The highest BCUT2D eigenvalue weighted by atomic mass is 32.1. The SMILES string of the molecule is Oc1ccccc1N1CCN(C(=S)N/N=C2/CCNc3cccnc32)CC1. The second kappa shape index (κ2) is 7.79. The molecule has 0 bridgehead atoms. The molecule has 2 aromatic rings. The molecular formula is C19H22N6OS. The number of para-hydroxylation sites is 2. The van der Waals surface area contributed by atoms with Gasteiger partial charge in [-0.15, -0.1) is 0 Å². The number of benzene rings is 1. The summed E-state index contributed by atoms with van der Waals surface area (Å²) in [4.78, 5) is 8.70. The van der Waals surface area contributed by atoms with E-state index in [0.29, 0.717) is 10.9 Å². The molecule has 0 aliphatic carbocycles. The minimum atomic E-state index is 0.315. The summed E-state index contributed by atoms with van der Waals surface area (Å²) in [5, 5.41) is 18.5.